The molecule has 0 spiro atoms. The molecule has 18 heavy (non-hydrogen) atoms. The summed E-state index contributed by atoms with van der Waals surface area (Å²) < 4.78 is 26.0. The van der Waals surface area contributed by atoms with Crippen LogP contribution in [0.4, 0.5) is 5.69 Å². The van der Waals surface area contributed by atoms with Crippen LogP contribution in [0, 0.1) is 10.1 Å². The Morgan fingerprint density at radius 1 is 1.33 bits per heavy atom. The van der Waals surface area contributed by atoms with Crippen molar-refractivity contribution >= 4 is 15.7 Å². The van der Waals surface area contributed by atoms with Crippen molar-refractivity contribution in [3.63, 3.8) is 0 Å². The van der Waals surface area contributed by atoms with Crippen LogP contribution in [0.1, 0.15) is 25.8 Å². The van der Waals surface area contributed by atoms with Gasteiger partial charge in [0, 0.05) is 18.2 Å². The third kappa shape index (κ3) is 4.42. The van der Waals surface area contributed by atoms with Crippen LogP contribution in [0.3, 0.4) is 0 Å². The molecule has 6 nitrogen and oxygen atoms in total. The van der Waals surface area contributed by atoms with E-state index in [1.54, 1.807) is 6.92 Å². The molecule has 1 aromatic carbocycles. The number of nitrogens with zero attached hydrogens (tertiary/aromatic N) is 1. The predicted molar refractivity (Wildman–Crippen MR) is 68.6 cm³/mol. The van der Waals surface area contributed by atoms with E-state index in [-0.39, 0.29) is 17.5 Å². The van der Waals surface area contributed by atoms with Crippen molar-refractivity contribution in [3.8, 4) is 0 Å². The zero-order chi connectivity index (χ0) is 13.8. The highest BCUT2D eigenvalue weighted by atomic mass is 32.2. The van der Waals surface area contributed by atoms with Crippen molar-refractivity contribution in [2.45, 2.75) is 32.1 Å². The van der Waals surface area contributed by atoms with E-state index < -0.39 is 14.9 Å². The SMILES string of the molecule is CCC(C)NS(=O)(=O)Cc1ccc([N+](=O)[O-])cc1. The van der Waals surface area contributed by atoms with Gasteiger partial charge in [-0.25, -0.2) is 13.1 Å². The zero-order valence-electron chi connectivity index (χ0n) is 10.3. The quantitative estimate of drug-likeness (QED) is 0.631. The van der Waals surface area contributed by atoms with Crippen LogP contribution in [-0.2, 0) is 15.8 Å². The Bertz CT molecular complexity index is 510. The van der Waals surface area contributed by atoms with Gasteiger partial charge in [0.1, 0.15) is 0 Å². The number of hydrogen-bond acceptors (Lipinski definition) is 4. The number of non-ortho nitro benzene ring substituents is 1. The molecule has 1 rings (SSSR count). The minimum Gasteiger partial charge on any atom is -0.258 e. The molecule has 7 heteroatoms. The fraction of sp³-hybridized carbons (Fsp3) is 0.455. The first-order valence-corrected chi connectivity index (χ1v) is 7.22. The van der Waals surface area contributed by atoms with Gasteiger partial charge >= 0.3 is 0 Å². The number of nitrogens with one attached hydrogen (secondary N) is 1. The second-order valence-electron chi connectivity index (χ2n) is 4.11. The van der Waals surface area contributed by atoms with E-state index in [2.05, 4.69) is 4.72 Å². The summed E-state index contributed by atoms with van der Waals surface area (Å²) in [5.74, 6) is -0.171. The maximum atomic E-state index is 11.7. The lowest BCUT2D eigenvalue weighted by atomic mass is 10.2. The molecule has 0 heterocycles. The summed E-state index contributed by atoms with van der Waals surface area (Å²) in [7, 11) is -3.40. The average Bonchev–Trinajstić information content (AvgIpc) is 2.28. The highest BCUT2D eigenvalue weighted by molar-refractivity contribution is 7.88. The van der Waals surface area contributed by atoms with Gasteiger partial charge in [-0.3, -0.25) is 10.1 Å². The second-order valence-corrected chi connectivity index (χ2v) is 5.86. The molecule has 0 fully saturated rings. The number of rotatable bonds is 6. The van der Waals surface area contributed by atoms with Crippen LogP contribution in [0.25, 0.3) is 0 Å². The third-order valence-electron chi connectivity index (χ3n) is 2.50. The van der Waals surface area contributed by atoms with Crippen molar-refractivity contribution < 1.29 is 13.3 Å². The Morgan fingerprint density at radius 2 is 1.89 bits per heavy atom. The van der Waals surface area contributed by atoms with Crippen molar-refractivity contribution in [1.29, 1.82) is 0 Å². The molecule has 0 aliphatic rings. The molecule has 0 saturated heterocycles. The standard InChI is InChI=1S/C11H16N2O4S/c1-3-9(2)12-18(16,17)8-10-4-6-11(7-5-10)13(14)15/h4-7,9,12H,3,8H2,1-2H3. The van der Waals surface area contributed by atoms with E-state index in [1.807, 2.05) is 6.92 Å². The van der Waals surface area contributed by atoms with E-state index in [0.29, 0.717) is 12.0 Å². The first-order chi connectivity index (χ1) is 8.34. The molecule has 1 unspecified atom stereocenters. The molecule has 0 aliphatic carbocycles. The van der Waals surface area contributed by atoms with Gasteiger partial charge in [0.25, 0.3) is 5.69 Å². The van der Waals surface area contributed by atoms with Gasteiger partial charge in [-0.05, 0) is 18.9 Å². The van der Waals surface area contributed by atoms with Crippen LogP contribution in [-0.4, -0.2) is 19.4 Å². The third-order valence-corrected chi connectivity index (χ3v) is 3.97. The Morgan fingerprint density at radius 3 is 2.33 bits per heavy atom. The highest BCUT2D eigenvalue weighted by Gasteiger charge is 2.15. The number of benzene rings is 1. The Kier molecular flexibility index (Phi) is 4.80. The van der Waals surface area contributed by atoms with Gasteiger partial charge in [0.05, 0.1) is 10.7 Å². The first kappa shape index (κ1) is 14.6. The molecule has 0 aliphatic heterocycles. The Balaban J connectivity index is 2.75. The topological polar surface area (TPSA) is 89.3 Å². The summed E-state index contributed by atoms with van der Waals surface area (Å²) in [5, 5.41) is 10.5. The minimum atomic E-state index is -3.40. The van der Waals surface area contributed by atoms with Gasteiger partial charge < -0.3 is 0 Å². The lowest BCUT2D eigenvalue weighted by Crippen LogP contribution is -2.32. The van der Waals surface area contributed by atoms with Gasteiger partial charge in [-0.2, -0.15) is 0 Å². The number of hydrogen-bond donors (Lipinski definition) is 1. The van der Waals surface area contributed by atoms with Gasteiger partial charge in [-0.15, -0.1) is 0 Å². The summed E-state index contributed by atoms with van der Waals surface area (Å²) in [4.78, 5) is 9.94. The molecule has 1 N–H and O–H groups in total. The number of nitro benzene ring substituents is 1. The van der Waals surface area contributed by atoms with E-state index in [0.717, 1.165) is 0 Å². The summed E-state index contributed by atoms with van der Waals surface area (Å²) in [5.41, 5.74) is 0.474. The average molecular weight is 272 g/mol. The van der Waals surface area contributed by atoms with Crippen molar-refractivity contribution in [3.05, 3.63) is 39.9 Å². The van der Waals surface area contributed by atoms with E-state index >= 15 is 0 Å². The molecule has 100 valence electrons. The second kappa shape index (κ2) is 5.92. The Labute approximate surface area is 106 Å². The molecular weight excluding hydrogens is 256 g/mol. The van der Waals surface area contributed by atoms with Gasteiger partial charge in [0.15, 0.2) is 0 Å². The molecule has 1 atom stereocenters. The molecule has 0 saturated carbocycles. The first-order valence-electron chi connectivity index (χ1n) is 5.57. The van der Waals surface area contributed by atoms with E-state index in [9.17, 15) is 18.5 Å². The summed E-state index contributed by atoms with van der Waals surface area (Å²) in [6, 6.07) is 5.39. The zero-order valence-corrected chi connectivity index (χ0v) is 11.1. The highest BCUT2D eigenvalue weighted by Crippen LogP contribution is 2.13. The molecular formula is C11H16N2O4S. The monoisotopic (exact) mass is 272 g/mol. The van der Waals surface area contributed by atoms with Crippen LogP contribution in [0.5, 0.6) is 0 Å². The maximum Gasteiger partial charge on any atom is 0.269 e. The minimum absolute atomic E-state index is 0.0500. The lowest BCUT2D eigenvalue weighted by Gasteiger charge is -2.11. The number of sulfonamides is 1. The molecule has 0 amide bonds. The summed E-state index contributed by atoms with van der Waals surface area (Å²) in [6.45, 7) is 3.67. The predicted octanol–water partition coefficient (Wildman–Crippen LogP) is 1.81. The van der Waals surface area contributed by atoms with Gasteiger partial charge in [0.2, 0.25) is 10.0 Å². The summed E-state index contributed by atoms with van der Waals surface area (Å²) in [6.07, 6.45) is 0.708. The van der Waals surface area contributed by atoms with Crippen molar-refractivity contribution in [2.75, 3.05) is 0 Å². The maximum absolute atomic E-state index is 11.7. The smallest absolute Gasteiger partial charge is 0.258 e. The van der Waals surface area contributed by atoms with E-state index in [1.165, 1.54) is 24.3 Å². The Hall–Kier alpha value is -1.47. The van der Waals surface area contributed by atoms with Gasteiger partial charge in [-0.1, -0.05) is 19.1 Å². The van der Waals surface area contributed by atoms with Crippen LogP contribution in [0.15, 0.2) is 24.3 Å². The molecule has 1 aromatic rings. The molecule has 0 aromatic heterocycles. The molecule has 0 radical (unpaired) electrons. The van der Waals surface area contributed by atoms with Crippen molar-refractivity contribution in [1.82, 2.24) is 4.72 Å². The lowest BCUT2D eigenvalue weighted by molar-refractivity contribution is -0.384. The molecule has 0 bridgehead atoms. The largest absolute Gasteiger partial charge is 0.269 e. The van der Waals surface area contributed by atoms with Crippen LogP contribution < -0.4 is 4.72 Å². The number of nitro groups is 1. The van der Waals surface area contributed by atoms with Crippen LogP contribution in [0.2, 0.25) is 0 Å². The fourth-order valence-electron chi connectivity index (χ4n) is 1.36. The fourth-order valence-corrected chi connectivity index (χ4v) is 2.86. The normalized spacial score (nSPS) is 13.2. The summed E-state index contributed by atoms with van der Waals surface area (Å²) >= 11 is 0. The van der Waals surface area contributed by atoms with Crippen molar-refractivity contribution in [2.24, 2.45) is 0 Å². The van der Waals surface area contributed by atoms with Crippen LogP contribution >= 0.6 is 0 Å². The van der Waals surface area contributed by atoms with E-state index in [4.69, 9.17) is 0 Å².